The summed E-state index contributed by atoms with van der Waals surface area (Å²) in [5, 5.41) is 20.8. The average Bonchev–Trinajstić information content (AvgIpc) is 2.62. The maximum atomic E-state index is 12.6. The minimum atomic E-state index is -2.71. The van der Waals surface area contributed by atoms with E-state index < -0.39 is 37.7 Å². The van der Waals surface area contributed by atoms with Gasteiger partial charge in [-0.25, -0.2) is 4.79 Å². The van der Waals surface area contributed by atoms with Crippen LogP contribution in [0.25, 0.3) is 0 Å². The molecule has 0 spiro atoms. The van der Waals surface area contributed by atoms with Crippen LogP contribution in [-0.4, -0.2) is 34.1 Å². The lowest BCUT2D eigenvalue weighted by Gasteiger charge is -2.22. The van der Waals surface area contributed by atoms with Gasteiger partial charge in [0.25, 0.3) is 0 Å². The van der Waals surface area contributed by atoms with Gasteiger partial charge in [-0.15, -0.1) is 0 Å². The van der Waals surface area contributed by atoms with Crippen LogP contribution >= 0.6 is 7.80 Å². The predicted octanol–water partition coefficient (Wildman–Crippen LogP) is 1.90. The van der Waals surface area contributed by atoms with Crippen molar-refractivity contribution in [1.29, 1.82) is 0 Å². The average molecular weight is 362 g/mol. The molecule has 5 N–H and O–H groups in total. The van der Waals surface area contributed by atoms with Crippen molar-refractivity contribution in [2.75, 3.05) is 11.7 Å². The zero-order valence-electron chi connectivity index (χ0n) is 13.3. The van der Waals surface area contributed by atoms with Crippen LogP contribution in [0.2, 0.25) is 0 Å². The molecule has 2 aromatic rings. The summed E-state index contributed by atoms with van der Waals surface area (Å²) in [6, 6.07) is 13.5. The van der Waals surface area contributed by atoms with Gasteiger partial charge in [-0.1, -0.05) is 36.4 Å². The number of hydrogen-bond donors (Lipinski definition) is 4. The van der Waals surface area contributed by atoms with Crippen LogP contribution in [0.4, 0.5) is 5.69 Å². The minimum Gasteiger partial charge on any atom is -0.478 e. The number of carbonyl (C=O) groups excluding carboxylic acids is 1. The number of carbonyl (C=O) groups is 2. The second-order valence-corrected chi connectivity index (χ2v) is 7.28. The first-order valence-electron chi connectivity index (χ1n) is 7.52. The highest BCUT2D eigenvalue weighted by molar-refractivity contribution is 7.46. The van der Waals surface area contributed by atoms with Crippen LogP contribution in [0.15, 0.2) is 54.6 Å². The molecule has 132 valence electrons. The quantitative estimate of drug-likeness (QED) is 0.557. The SMILES string of the molecule is NC(c1ccccc1)C(C(=O)Nc1cccc(C(=O)O)c1)[PH](=O)CO. The molecule has 0 aliphatic rings. The van der Waals surface area contributed by atoms with Gasteiger partial charge in [0.15, 0.2) is 0 Å². The van der Waals surface area contributed by atoms with Gasteiger partial charge in [-0.05, 0) is 23.8 Å². The molecule has 0 aromatic heterocycles. The van der Waals surface area contributed by atoms with Gasteiger partial charge in [-0.2, -0.15) is 0 Å². The lowest BCUT2D eigenvalue weighted by Crippen LogP contribution is -2.35. The van der Waals surface area contributed by atoms with Crippen molar-refractivity contribution in [3.05, 3.63) is 65.7 Å². The van der Waals surface area contributed by atoms with Crippen molar-refractivity contribution in [3.8, 4) is 0 Å². The Bertz CT molecular complexity index is 782. The number of hydrogen-bond acceptors (Lipinski definition) is 5. The Kier molecular flexibility index (Phi) is 6.47. The zero-order valence-corrected chi connectivity index (χ0v) is 14.3. The number of benzene rings is 2. The molecule has 8 heteroatoms. The molecule has 25 heavy (non-hydrogen) atoms. The largest absolute Gasteiger partial charge is 0.478 e. The van der Waals surface area contributed by atoms with E-state index in [1.807, 2.05) is 0 Å². The Hall–Kier alpha value is -2.47. The van der Waals surface area contributed by atoms with E-state index in [0.717, 1.165) is 0 Å². The van der Waals surface area contributed by atoms with Gasteiger partial charge < -0.3 is 25.8 Å². The first-order valence-corrected chi connectivity index (χ1v) is 9.21. The molecule has 2 rings (SSSR count). The van der Waals surface area contributed by atoms with E-state index in [0.29, 0.717) is 5.56 Å². The smallest absolute Gasteiger partial charge is 0.335 e. The first kappa shape index (κ1) is 18.9. The summed E-state index contributed by atoms with van der Waals surface area (Å²) in [6.45, 7) is 0. The van der Waals surface area contributed by atoms with Crippen molar-refractivity contribution in [2.24, 2.45) is 5.73 Å². The highest BCUT2D eigenvalue weighted by atomic mass is 31.1. The Morgan fingerprint density at radius 2 is 1.80 bits per heavy atom. The van der Waals surface area contributed by atoms with Gasteiger partial charge in [-0.3, -0.25) is 4.79 Å². The third kappa shape index (κ3) is 4.76. The van der Waals surface area contributed by atoms with Crippen LogP contribution in [0.5, 0.6) is 0 Å². The second-order valence-electron chi connectivity index (χ2n) is 5.41. The summed E-state index contributed by atoms with van der Waals surface area (Å²) >= 11 is 0. The van der Waals surface area contributed by atoms with Crippen molar-refractivity contribution < 1.29 is 24.4 Å². The van der Waals surface area contributed by atoms with Gasteiger partial charge >= 0.3 is 5.97 Å². The lowest BCUT2D eigenvalue weighted by molar-refractivity contribution is -0.116. The summed E-state index contributed by atoms with van der Waals surface area (Å²) in [7, 11) is -2.71. The van der Waals surface area contributed by atoms with E-state index in [2.05, 4.69) is 5.32 Å². The number of rotatable bonds is 7. The predicted molar refractivity (Wildman–Crippen MR) is 95.3 cm³/mol. The van der Waals surface area contributed by atoms with Crippen LogP contribution in [0.1, 0.15) is 22.0 Å². The third-order valence-corrected chi connectivity index (χ3v) is 5.33. The van der Waals surface area contributed by atoms with Crippen molar-refractivity contribution in [3.63, 3.8) is 0 Å². The Labute approximate surface area is 145 Å². The molecular formula is C17H19N2O5P. The number of nitrogens with two attached hydrogens (primary N) is 1. The Morgan fingerprint density at radius 1 is 1.12 bits per heavy atom. The molecule has 2 aromatic carbocycles. The number of nitrogens with one attached hydrogen (secondary N) is 1. The molecule has 0 bridgehead atoms. The number of anilines is 1. The Balaban J connectivity index is 2.26. The van der Waals surface area contributed by atoms with Gasteiger partial charge in [0.05, 0.1) is 11.9 Å². The van der Waals surface area contributed by atoms with E-state index >= 15 is 0 Å². The fourth-order valence-corrected chi connectivity index (χ4v) is 3.58. The normalized spacial score (nSPS) is 14.3. The van der Waals surface area contributed by atoms with E-state index in [1.54, 1.807) is 30.3 Å². The summed E-state index contributed by atoms with van der Waals surface area (Å²) < 4.78 is 12.2. The summed E-state index contributed by atoms with van der Waals surface area (Å²) in [6.07, 6.45) is -0.640. The van der Waals surface area contributed by atoms with Crippen molar-refractivity contribution in [2.45, 2.75) is 11.7 Å². The zero-order chi connectivity index (χ0) is 18.4. The summed E-state index contributed by atoms with van der Waals surface area (Å²) in [5.41, 5.74) is 5.87. The maximum Gasteiger partial charge on any atom is 0.335 e. The monoisotopic (exact) mass is 362 g/mol. The van der Waals surface area contributed by atoms with E-state index in [1.165, 1.54) is 24.3 Å². The molecule has 0 aliphatic heterocycles. The molecule has 0 radical (unpaired) electrons. The topological polar surface area (TPSA) is 130 Å². The Morgan fingerprint density at radius 3 is 2.40 bits per heavy atom. The van der Waals surface area contributed by atoms with Crippen LogP contribution in [0.3, 0.4) is 0 Å². The minimum absolute atomic E-state index is 0.0107. The summed E-state index contributed by atoms with van der Waals surface area (Å²) in [4.78, 5) is 23.6. The molecule has 0 heterocycles. The summed E-state index contributed by atoms with van der Waals surface area (Å²) in [5.74, 6) is -1.76. The fourth-order valence-electron chi connectivity index (χ4n) is 2.43. The number of aromatic carboxylic acids is 1. The number of amides is 1. The third-order valence-electron chi connectivity index (χ3n) is 3.71. The molecule has 3 unspecified atom stereocenters. The molecule has 3 atom stereocenters. The number of aliphatic hydroxyl groups is 1. The second kappa shape index (κ2) is 8.58. The molecule has 0 fully saturated rings. The fraction of sp³-hybridized carbons (Fsp3) is 0.176. The standard InChI is InChI=1S/C17H19N2O5P/c18-14(11-5-2-1-3-6-11)15(25(24)10-20)16(21)19-13-8-4-7-12(9-13)17(22)23/h1-9,14-15,20,25H,10,18H2,(H,19,21)(H,22,23). The van der Waals surface area contributed by atoms with Crippen LogP contribution < -0.4 is 11.1 Å². The number of carboxylic acids is 1. The molecular weight excluding hydrogens is 343 g/mol. The van der Waals surface area contributed by atoms with Gasteiger partial charge in [0.1, 0.15) is 13.5 Å². The lowest BCUT2D eigenvalue weighted by atomic mass is 10.0. The highest BCUT2D eigenvalue weighted by Crippen LogP contribution is 2.35. The van der Waals surface area contributed by atoms with Crippen molar-refractivity contribution >= 4 is 25.4 Å². The number of aliphatic hydroxyl groups excluding tert-OH is 1. The molecule has 0 saturated carbocycles. The van der Waals surface area contributed by atoms with Gasteiger partial charge in [0.2, 0.25) is 5.91 Å². The molecule has 0 saturated heterocycles. The van der Waals surface area contributed by atoms with Gasteiger partial charge in [0, 0.05) is 11.7 Å². The van der Waals surface area contributed by atoms with Crippen molar-refractivity contribution in [1.82, 2.24) is 0 Å². The van der Waals surface area contributed by atoms with Crippen LogP contribution in [0, 0.1) is 0 Å². The molecule has 7 nitrogen and oxygen atoms in total. The molecule has 0 aliphatic carbocycles. The van der Waals surface area contributed by atoms with E-state index in [9.17, 15) is 19.3 Å². The first-order chi connectivity index (χ1) is 11.9. The highest BCUT2D eigenvalue weighted by Gasteiger charge is 2.32. The molecule has 1 amide bonds. The van der Waals surface area contributed by atoms with Crippen LogP contribution in [-0.2, 0) is 9.36 Å². The number of carboxylic acid groups (broad SMARTS) is 1. The van der Waals surface area contributed by atoms with E-state index in [4.69, 9.17) is 10.8 Å². The maximum absolute atomic E-state index is 12.6. The van der Waals surface area contributed by atoms with E-state index in [-0.39, 0.29) is 11.3 Å².